The van der Waals surface area contributed by atoms with Crippen LogP contribution in [0.1, 0.15) is 17.9 Å². The summed E-state index contributed by atoms with van der Waals surface area (Å²) in [5, 5.41) is 9.14. The van der Waals surface area contributed by atoms with E-state index in [4.69, 9.17) is 5.11 Å². The maximum Gasteiger partial charge on any atom is 0.246 e. The second kappa shape index (κ2) is 7.63. The number of aliphatic hydroxyl groups excluding tert-OH is 1. The van der Waals surface area contributed by atoms with Crippen LogP contribution in [0.3, 0.4) is 0 Å². The summed E-state index contributed by atoms with van der Waals surface area (Å²) in [6, 6.07) is 11.9. The Balaban J connectivity index is 2.20. The molecule has 0 spiro atoms. The third-order valence-corrected chi connectivity index (χ3v) is 4.93. The average Bonchev–Trinajstić information content (AvgIpc) is 2.52. The van der Waals surface area contributed by atoms with E-state index in [1.54, 1.807) is 24.3 Å². The van der Waals surface area contributed by atoms with Crippen molar-refractivity contribution in [1.82, 2.24) is 4.72 Å². The number of hydrogen-bond donors (Lipinski definition) is 2. The molecule has 1 unspecified atom stereocenters. The Bertz CT molecular complexity index is 731. The minimum Gasteiger partial charge on any atom is -0.396 e. The summed E-state index contributed by atoms with van der Waals surface area (Å²) in [4.78, 5) is -0.990. The van der Waals surface area contributed by atoms with Gasteiger partial charge in [0.05, 0.1) is 0 Å². The Hall–Kier alpha value is -1.83. The van der Waals surface area contributed by atoms with Crippen molar-refractivity contribution < 1.29 is 22.3 Å². The van der Waals surface area contributed by atoms with Crippen LogP contribution in [0.15, 0.2) is 53.4 Å². The molecule has 0 aliphatic carbocycles. The first-order valence-electron chi connectivity index (χ1n) is 7.05. The molecule has 0 heterocycles. The van der Waals surface area contributed by atoms with Crippen LogP contribution in [-0.4, -0.2) is 26.7 Å². The predicted molar refractivity (Wildman–Crippen MR) is 82.4 cm³/mol. The second-order valence-corrected chi connectivity index (χ2v) is 6.73. The molecule has 2 aromatic rings. The van der Waals surface area contributed by atoms with Crippen LogP contribution in [0.25, 0.3) is 0 Å². The minimum absolute atomic E-state index is 0.0688. The monoisotopic (exact) mass is 341 g/mol. The van der Waals surface area contributed by atoms with Gasteiger partial charge in [0.15, 0.2) is 4.90 Å². The zero-order valence-corrected chi connectivity index (χ0v) is 13.1. The van der Waals surface area contributed by atoms with Crippen LogP contribution in [-0.2, 0) is 10.0 Å². The molecule has 0 bridgehead atoms. The molecule has 0 saturated carbocycles. The lowest BCUT2D eigenvalue weighted by atomic mass is 9.96. The van der Waals surface area contributed by atoms with E-state index < -0.39 is 26.6 Å². The SMILES string of the molecule is O=S(=O)(NCC(CCO)c1ccccc1)c1c(F)cccc1F. The fourth-order valence-corrected chi connectivity index (χ4v) is 3.50. The summed E-state index contributed by atoms with van der Waals surface area (Å²) < 4.78 is 53.8. The molecule has 0 amide bonds. The molecule has 7 heteroatoms. The fourth-order valence-electron chi connectivity index (χ4n) is 2.29. The van der Waals surface area contributed by atoms with Crippen LogP contribution < -0.4 is 4.72 Å². The third-order valence-electron chi connectivity index (χ3n) is 3.46. The van der Waals surface area contributed by atoms with Crippen molar-refractivity contribution in [2.24, 2.45) is 0 Å². The van der Waals surface area contributed by atoms with E-state index >= 15 is 0 Å². The van der Waals surface area contributed by atoms with Crippen LogP contribution in [0, 0.1) is 11.6 Å². The van der Waals surface area contributed by atoms with Gasteiger partial charge in [0.25, 0.3) is 0 Å². The van der Waals surface area contributed by atoms with Crippen molar-refractivity contribution in [2.45, 2.75) is 17.2 Å². The third kappa shape index (κ3) is 4.34. The van der Waals surface area contributed by atoms with Gasteiger partial charge in [0, 0.05) is 13.2 Å². The lowest BCUT2D eigenvalue weighted by Crippen LogP contribution is -2.30. The molecule has 23 heavy (non-hydrogen) atoms. The van der Waals surface area contributed by atoms with Gasteiger partial charge in [0.1, 0.15) is 11.6 Å². The molecule has 2 N–H and O–H groups in total. The van der Waals surface area contributed by atoms with E-state index in [2.05, 4.69) is 4.72 Å². The molecule has 1 atom stereocenters. The lowest BCUT2D eigenvalue weighted by Gasteiger charge is -2.17. The highest BCUT2D eigenvalue weighted by atomic mass is 32.2. The summed E-state index contributed by atoms with van der Waals surface area (Å²) in [5.74, 6) is -2.59. The summed E-state index contributed by atoms with van der Waals surface area (Å²) >= 11 is 0. The highest BCUT2D eigenvalue weighted by Crippen LogP contribution is 2.21. The summed E-state index contributed by atoms with van der Waals surface area (Å²) in [6.07, 6.45) is 0.326. The Morgan fingerprint density at radius 1 is 1.00 bits per heavy atom. The van der Waals surface area contributed by atoms with Gasteiger partial charge in [-0.05, 0) is 30.0 Å². The molecule has 0 fully saturated rings. The quantitative estimate of drug-likeness (QED) is 0.813. The van der Waals surface area contributed by atoms with Gasteiger partial charge < -0.3 is 5.11 Å². The molecule has 0 radical (unpaired) electrons. The Kier molecular flexibility index (Phi) is 5.81. The number of sulfonamides is 1. The molecule has 0 aliphatic heterocycles. The number of aliphatic hydroxyl groups is 1. The van der Waals surface area contributed by atoms with Gasteiger partial charge in [-0.2, -0.15) is 0 Å². The highest BCUT2D eigenvalue weighted by Gasteiger charge is 2.24. The molecule has 0 saturated heterocycles. The standard InChI is InChI=1S/C16H17F2NO3S/c17-14-7-4-8-15(18)16(14)23(21,22)19-11-13(9-10-20)12-5-2-1-3-6-12/h1-8,13,19-20H,9-11H2. The molecule has 4 nitrogen and oxygen atoms in total. The molecule has 2 aromatic carbocycles. The summed E-state index contributed by atoms with van der Waals surface area (Å²) in [7, 11) is -4.32. The van der Waals surface area contributed by atoms with Crippen molar-refractivity contribution in [3.05, 3.63) is 65.7 Å². The zero-order valence-electron chi connectivity index (χ0n) is 12.2. The Morgan fingerprint density at radius 3 is 2.17 bits per heavy atom. The van der Waals surface area contributed by atoms with Crippen LogP contribution >= 0.6 is 0 Å². The molecular weight excluding hydrogens is 324 g/mol. The lowest BCUT2D eigenvalue weighted by molar-refractivity contribution is 0.275. The maximum atomic E-state index is 13.6. The van der Waals surface area contributed by atoms with Gasteiger partial charge >= 0.3 is 0 Å². The molecule has 124 valence electrons. The van der Waals surface area contributed by atoms with E-state index in [1.165, 1.54) is 0 Å². The first-order chi connectivity index (χ1) is 11.0. The highest BCUT2D eigenvalue weighted by molar-refractivity contribution is 7.89. The van der Waals surface area contributed by atoms with Crippen LogP contribution in [0.2, 0.25) is 0 Å². The predicted octanol–water partition coefficient (Wildman–Crippen LogP) is 2.41. The summed E-state index contributed by atoms with van der Waals surface area (Å²) in [6.45, 7) is -0.198. The van der Waals surface area contributed by atoms with Gasteiger partial charge in [-0.15, -0.1) is 0 Å². The first-order valence-corrected chi connectivity index (χ1v) is 8.53. The number of rotatable bonds is 7. The number of hydrogen-bond acceptors (Lipinski definition) is 3. The van der Waals surface area contributed by atoms with Gasteiger partial charge in [-0.3, -0.25) is 0 Å². The van der Waals surface area contributed by atoms with Crippen molar-refractivity contribution in [3.8, 4) is 0 Å². The molecule has 2 rings (SSSR count). The second-order valence-electron chi connectivity index (χ2n) is 5.02. The van der Waals surface area contributed by atoms with E-state index in [0.29, 0.717) is 6.42 Å². The number of benzene rings is 2. The van der Waals surface area contributed by atoms with Crippen LogP contribution in [0.4, 0.5) is 8.78 Å². The minimum atomic E-state index is -4.32. The summed E-state index contributed by atoms with van der Waals surface area (Å²) in [5.41, 5.74) is 0.832. The van der Waals surface area contributed by atoms with E-state index in [-0.39, 0.29) is 19.1 Å². The van der Waals surface area contributed by atoms with Gasteiger partial charge in [0.2, 0.25) is 10.0 Å². The van der Waals surface area contributed by atoms with Gasteiger partial charge in [-0.1, -0.05) is 36.4 Å². The zero-order chi connectivity index (χ0) is 16.9. The normalized spacial score (nSPS) is 13.0. The molecule has 0 aliphatic rings. The maximum absolute atomic E-state index is 13.6. The average molecular weight is 341 g/mol. The number of nitrogens with one attached hydrogen (secondary N) is 1. The first kappa shape index (κ1) is 17.5. The Labute approximate surface area is 133 Å². The largest absolute Gasteiger partial charge is 0.396 e. The van der Waals surface area contributed by atoms with Gasteiger partial charge in [-0.25, -0.2) is 21.9 Å². The van der Waals surface area contributed by atoms with Crippen molar-refractivity contribution in [2.75, 3.05) is 13.2 Å². The smallest absolute Gasteiger partial charge is 0.246 e. The van der Waals surface area contributed by atoms with Crippen LogP contribution in [0.5, 0.6) is 0 Å². The van der Waals surface area contributed by atoms with E-state index in [9.17, 15) is 17.2 Å². The van der Waals surface area contributed by atoms with E-state index in [1.807, 2.05) is 6.07 Å². The topological polar surface area (TPSA) is 66.4 Å². The van der Waals surface area contributed by atoms with Crippen molar-refractivity contribution in [1.29, 1.82) is 0 Å². The fraction of sp³-hybridized carbons (Fsp3) is 0.250. The van der Waals surface area contributed by atoms with Crippen molar-refractivity contribution >= 4 is 10.0 Å². The number of halogens is 2. The Morgan fingerprint density at radius 2 is 1.61 bits per heavy atom. The van der Waals surface area contributed by atoms with E-state index in [0.717, 1.165) is 23.8 Å². The van der Waals surface area contributed by atoms with Crippen molar-refractivity contribution in [3.63, 3.8) is 0 Å². The molecular formula is C16H17F2NO3S. The molecule has 0 aromatic heterocycles.